The fourth-order valence-electron chi connectivity index (χ4n) is 3.32. The van der Waals surface area contributed by atoms with Gasteiger partial charge in [-0.15, -0.1) is 0 Å². The Hall–Kier alpha value is -0.650. The predicted molar refractivity (Wildman–Crippen MR) is 84.6 cm³/mol. The SMILES string of the molecule is CCC1COC(C)CN1C(C)CC(C)(NC(C)C)C(=O)O. The first kappa shape index (κ1) is 18.4. The zero-order valence-corrected chi connectivity index (χ0v) is 14.3. The van der Waals surface area contributed by atoms with E-state index < -0.39 is 11.5 Å². The molecule has 0 spiro atoms. The lowest BCUT2D eigenvalue weighted by Crippen LogP contribution is -2.59. The predicted octanol–water partition coefficient (Wildman–Crippen LogP) is 2.11. The highest BCUT2D eigenvalue weighted by Crippen LogP contribution is 2.23. The van der Waals surface area contributed by atoms with Crippen molar-refractivity contribution in [3.63, 3.8) is 0 Å². The van der Waals surface area contributed by atoms with Crippen molar-refractivity contribution in [1.29, 1.82) is 0 Å². The van der Waals surface area contributed by atoms with Crippen LogP contribution >= 0.6 is 0 Å². The van der Waals surface area contributed by atoms with E-state index in [0.29, 0.717) is 12.5 Å². The molecule has 21 heavy (non-hydrogen) atoms. The molecule has 4 unspecified atom stereocenters. The van der Waals surface area contributed by atoms with Crippen LogP contribution in [-0.2, 0) is 9.53 Å². The number of ether oxygens (including phenoxy) is 1. The van der Waals surface area contributed by atoms with E-state index in [2.05, 4.69) is 31.0 Å². The van der Waals surface area contributed by atoms with Gasteiger partial charge in [0.25, 0.3) is 0 Å². The highest BCUT2D eigenvalue weighted by atomic mass is 16.5. The van der Waals surface area contributed by atoms with Crippen molar-refractivity contribution in [3.8, 4) is 0 Å². The van der Waals surface area contributed by atoms with Gasteiger partial charge in [-0.2, -0.15) is 0 Å². The Labute approximate surface area is 129 Å². The molecule has 1 saturated heterocycles. The van der Waals surface area contributed by atoms with Gasteiger partial charge in [0.15, 0.2) is 0 Å². The Kier molecular flexibility index (Phi) is 6.63. The molecule has 0 aromatic carbocycles. The average molecular weight is 300 g/mol. The molecule has 0 bridgehead atoms. The van der Waals surface area contributed by atoms with Gasteiger partial charge in [0, 0.05) is 24.7 Å². The van der Waals surface area contributed by atoms with Gasteiger partial charge in [-0.3, -0.25) is 15.0 Å². The molecule has 5 heteroatoms. The van der Waals surface area contributed by atoms with Gasteiger partial charge in [0.1, 0.15) is 5.54 Å². The van der Waals surface area contributed by atoms with Crippen LogP contribution in [0.2, 0.25) is 0 Å². The van der Waals surface area contributed by atoms with Crippen LogP contribution in [0.4, 0.5) is 0 Å². The molecule has 4 atom stereocenters. The third kappa shape index (κ3) is 4.94. The first-order valence-electron chi connectivity index (χ1n) is 8.08. The summed E-state index contributed by atoms with van der Waals surface area (Å²) >= 11 is 0. The van der Waals surface area contributed by atoms with Gasteiger partial charge in [0.05, 0.1) is 12.7 Å². The summed E-state index contributed by atoms with van der Waals surface area (Å²) in [6.07, 6.45) is 1.83. The maximum absolute atomic E-state index is 11.7. The number of aliphatic carboxylic acids is 1. The molecule has 0 saturated carbocycles. The Morgan fingerprint density at radius 3 is 2.57 bits per heavy atom. The Morgan fingerprint density at radius 1 is 1.48 bits per heavy atom. The first-order valence-corrected chi connectivity index (χ1v) is 8.08. The van der Waals surface area contributed by atoms with Crippen LogP contribution in [0.25, 0.3) is 0 Å². The summed E-state index contributed by atoms with van der Waals surface area (Å²) in [5, 5.41) is 12.8. The fourth-order valence-corrected chi connectivity index (χ4v) is 3.32. The van der Waals surface area contributed by atoms with Crippen LogP contribution in [0.5, 0.6) is 0 Å². The molecule has 1 aliphatic heterocycles. The number of carboxylic acids is 1. The Morgan fingerprint density at radius 2 is 2.10 bits per heavy atom. The van der Waals surface area contributed by atoms with Gasteiger partial charge >= 0.3 is 5.97 Å². The van der Waals surface area contributed by atoms with E-state index in [1.165, 1.54) is 0 Å². The molecule has 0 aromatic rings. The maximum atomic E-state index is 11.7. The average Bonchev–Trinajstić information content (AvgIpc) is 2.37. The summed E-state index contributed by atoms with van der Waals surface area (Å²) in [4.78, 5) is 14.1. The molecule has 2 N–H and O–H groups in total. The van der Waals surface area contributed by atoms with Gasteiger partial charge in [-0.05, 0) is 47.5 Å². The number of hydrogen-bond acceptors (Lipinski definition) is 4. The number of carboxylic acid groups (broad SMARTS) is 1. The molecule has 124 valence electrons. The van der Waals surface area contributed by atoms with E-state index in [0.717, 1.165) is 19.6 Å². The van der Waals surface area contributed by atoms with E-state index in [1.807, 2.05) is 13.8 Å². The van der Waals surface area contributed by atoms with Gasteiger partial charge in [-0.25, -0.2) is 0 Å². The highest BCUT2D eigenvalue weighted by Gasteiger charge is 2.38. The minimum absolute atomic E-state index is 0.142. The third-order valence-corrected chi connectivity index (χ3v) is 4.33. The van der Waals surface area contributed by atoms with Crippen molar-refractivity contribution in [2.75, 3.05) is 13.2 Å². The quantitative estimate of drug-likeness (QED) is 0.754. The summed E-state index contributed by atoms with van der Waals surface area (Å²) in [5.41, 5.74) is -0.895. The van der Waals surface area contributed by atoms with E-state index in [-0.39, 0.29) is 18.2 Å². The number of hydrogen-bond donors (Lipinski definition) is 2. The molecular weight excluding hydrogens is 268 g/mol. The lowest BCUT2D eigenvalue weighted by atomic mass is 9.91. The van der Waals surface area contributed by atoms with E-state index in [4.69, 9.17) is 4.74 Å². The summed E-state index contributed by atoms with van der Waals surface area (Å²) in [7, 11) is 0. The van der Waals surface area contributed by atoms with Crippen LogP contribution in [0.15, 0.2) is 0 Å². The lowest BCUT2D eigenvalue weighted by molar-refractivity contribution is -0.146. The molecule has 1 fully saturated rings. The second kappa shape index (κ2) is 7.56. The second-order valence-electron chi connectivity index (χ2n) is 6.89. The second-order valence-corrected chi connectivity index (χ2v) is 6.89. The molecule has 1 aliphatic rings. The molecule has 5 nitrogen and oxygen atoms in total. The van der Waals surface area contributed by atoms with E-state index in [1.54, 1.807) is 6.92 Å². The van der Waals surface area contributed by atoms with Crippen LogP contribution in [0.3, 0.4) is 0 Å². The lowest BCUT2D eigenvalue weighted by Gasteiger charge is -2.44. The smallest absolute Gasteiger partial charge is 0.323 e. The normalized spacial score (nSPS) is 28.3. The minimum Gasteiger partial charge on any atom is -0.480 e. The molecular formula is C16H32N2O3. The Balaban J connectivity index is 2.79. The van der Waals surface area contributed by atoms with Crippen LogP contribution < -0.4 is 5.32 Å². The molecule has 1 rings (SSSR count). The van der Waals surface area contributed by atoms with Crippen LogP contribution in [-0.4, -0.2) is 58.9 Å². The summed E-state index contributed by atoms with van der Waals surface area (Å²) in [6.45, 7) is 13.7. The van der Waals surface area contributed by atoms with Crippen molar-refractivity contribution >= 4 is 5.97 Å². The van der Waals surface area contributed by atoms with Crippen molar-refractivity contribution in [2.45, 2.75) is 84.2 Å². The molecule has 0 radical (unpaired) electrons. The van der Waals surface area contributed by atoms with Crippen LogP contribution in [0.1, 0.15) is 54.4 Å². The zero-order chi connectivity index (χ0) is 16.2. The minimum atomic E-state index is -0.895. The summed E-state index contributed by atoms with van der Waals surface area (Å²) in [6, 6.07) is 0.728. The number of rotatable bonds is 7. The molecule has 0 aromatic heterocycles. The van der Waals surface area contributed by atoms with Gasteiger partial charge in [0.2, 0.25) is 0 Å². The molecule has 0 aliphatic carbocycles. The summed E-state index contributed by atoms with van der Waals surface area (Å²) in [5.74, 6) is -0.780. The van der Waals surface area contributed by atoms with E-state index in [9.17, 15) is 9.90 Å². The highest BCUT2D eigenvalue weighted by molar-refractivity contribution is 5.78. The number of morpholine rings is 1. The number of carbonyl (C=O) groups is 1. The Bertz CT molecular complexity index is 348. The number of nitrogens with zero attached hydrogens (tertiary/aromatic N) is 1. The van der Waals surface area contributed by atoms with E-state index >= 15 is 0 Å². The first-order chi connectivity index (χ1) is 9.69. The largest absolute Gasteiger partial charge is 0.480 e. The zero-order valence-electron chi connectivity index (χ0n) is 14.3. The molecule has 1 heterocycles. The summed E-state index contributed by atoms with van der Waals surface area (Å²) < 4.78 is 5.73. The van der Waals surface area contributed by atoms with Crippen molar-refractivity contribution in [1.82, 2.24) is 10.2 Å². The van der Waals surface area contributed by atoms with Crippen LogP contribution in [0, 0.1) is 0 Å². The van der Waals surface area contributed by atoms with Crippen molar-refractivity contribution in [2.24, 2.45) is 0 Å². The fraction of sp³-hybridized carbons (Fsp3) is 0.938. The third-order valence-electron chi connectivity index (χ3n) is 4.33. The van der Waals surface area contributed by atoms with Crippen molar-refractivity contribution in [3.05, 3.63) is 0 Å². The topological polar surface area (TPSA) is 61.8 Å². The molecule has 0 amide bonds. The van der Waals surface area contributed by atoms with Gasteiger partial charge in [-0.1, -0.05) is 6.92 Å². The number of nitrogens with one attached hydrogen (secondary N) is 1. The van der Waals surface area contributed by atoms with Crippen molar-refractivity contribution < 1.29 is 14.6 Å². The standard InChI is InChI=1S/C16H32N2O3/c1-7-14-10-21-13(5)9-18(14)12(4)8-16(6,15(19)20)17-11(2)3/h11-14,17H,7-10H2,1-6H3,(H,19,20). The monoisotopic (exact) mass is 300 g/mol. The maximum Gasteiger partial charge on any atom is 0.323 e. The van der Waals surface area contributed by atoms with Gasteiger partial charge < -0.3 is 9.84 Å².